The van der Waals surface area contributed by atoms with Crippen LogP contribution in [0, 0.1) is 0 Å². The highest BCUT2D eigenvalue weighted by Gasteiger charge is 2.29. The van der Waals surface area contributed by atoms with Gasteiger partial charge in [0.25, 0.3) is 11.1 Å². The van der Waals surface area contributed by atoms with Gasteiger partial charge in [-0.15, -0.1) is 0 Å². The van der Waals surface area contributed by atoms with E-state index < -0.39 is 0 Å². The van der Waals surface area contributed by atoms with Gasteiger partial charge in [-0.25, -0.2) is 0 Å². The van der Waals surface area contributed by atoms with Crippen LogP contribution in [0.1, 0.15) is 5.56 Å². The van der Waals surface area contributed by atoms with Gasteiger partial charge in [0, 0.05) is 17.8 Å². The Labute approximate surface area is 131 Å². The number of thiocarbonyl (C=S) groups is 1. The van der Waals surface area contributed by atoms with E-state index in [1.807, 2.05) is 42.5 Å². The van der Waals surface area contributed by atoms with E-state index >= 15 is 0 Å². The van der Waals surface area contributed by atoms with Crippen molar-refractivity contribution in [2.24, 2.45) is 0 Å². The minimum Gasteiger partial charge on any atom is -0.456 e. The number of amides is 1. The Morgan fingerprint density at radius 3 is 2.64 bits per heavy atom. The molecule has 0 atom stereocenters. The van der Waals surface area contributed by atoms with Crippen molar-refractivity contribution in [3.05, 3.63) is 53.8 Å². The van der Waals surface area contributed by atoms with Crippen LogP contribution in [0.4, 0.5) is 0 Å². The van der Waals surface area contributed by atoms with Crippen molar-refractivity contribution >= 4 is 51.3 Å². The van der Waals surface area contributed by atoms with Crippen LogP contribution in [-0.2, 0) is 9.53 Å². The Kier molecular flexibility index (Phi) is 2.77. The van der Waals surface area contributed by atoms with Crippen molar-refractivity contribution in [3.63, 3.8) is 0 Å². The lowest BCUT2D eigenvalue weighted by atomic mass is 10.1. The topological polar surface area (TPSA) is 42.7 Å². The van der Waals surface area contributed by atoms with Crippen molar-refractivity contribution in [2.45, 2.75) is 0 Å². The molecule has 1 amide bonds. The van der Waals surface area contributed by atoms with E-state index in [4.69, 9.17) is 21.4 Å². The van der Waals surface area contributed by atoms with Gasteiger partial charge in [-0.05, 0) is 42.1 Å². The number of hydrogen-bond donors (Lipinski definition) is 0. The summed E-state index contributed by atoms with van der Waals surface area (Å²) in [5.41, 5.74) is 2.52. The number of nitrogens with zero attached hydrogens (tertiary/aromatic N) is 1. The molecule has 0 bridgehead atoms. The fraction of sp³-hybridized carbons (Fsp3) is 0.0588. The Morgan fingerprint density at radius 2 is 1.86 bits per heavy atom. The normalized spacial score (nSPS) is 17.0. The number of carbonyl (C=O) groups is 1. The lowest BCUT2D eigenvalue weighted by Gasteiger charge is -2.00. The first-order valence-corrected chi connectivity index (χ1v) is 7.17. The summed E-state index contributed by atoms with van der Waals surface area (Å²) in [7, 11) is 1.60. The molecule has 3 aromatic rings. The summed E-state index contributed by atoms with van der Waals surface area (Å²) in [6.07, 6.45) is 1.69. The highest BCUT2D eigenvalue weighted by atomic mass is 32.1. The molecule has 1 aliphatic heterocycles. The van der Waals surface area contributed by atoms with Gasteiger partial charge >= 0.3 is 0 Å². The second-order valence-electron chi connectivity index (χ2n) is 5.09. The smallest absolute Gasteiger partial charge is 0.296 e. The first kappa shape index (κ1) is 13.0. The number of benzene rings is 2. The van der Waals surface area contributed by atoms with Crippen molar-refractivity contribution in [3.8, 4) is 0 Å². The SMILES string of the molecule is CN1C(=O)C(=Cc2ccc3oc4ccccc4c3c2)OC1=S. The van der Waals surface area contributed by atoms with Gasteiger partial charge in [0.1, 0.15) is 11.2 Å². The molecular formula is C17H11NO3S. The van der Waals surface area contributed by atoms with Crippen LogP contribution in [0.25, 0.3) is 28.0 Å². The second-order valence-corrected chi connectivity index (χ2v) is 5.44. The zero-order chi connectivity index (χ0) is 15.3. The lowest BCUT2D eigenvalue weighted by Crippen LogP contribution is -2.22. The lowest BCUT2D eigenvalue weighted by molar-refractivity contribution is -0.122. The van der Waals surface area contributed by atoms with Crippen molar-refractivity contribution in [2.75, 3.05) is 7.05 Å². The Bertz CT molecular complexity index is 970. The number of fused-ring (bicyclic) bond motifs is 3. The number of rotatable bonds is 1. The van der Waals surface area contributed by atoms with Crippen LogP contribution in [-0.4, -0.2) is 23.0 Å². The molecule has 1 saturated heterocycles. The van der Waals surface area contributed by atoms with Crippen LogP contribution < -0.4 is 0 Å². The summed E-state index contributed by atoms with van der Waals surface area (Å²) in [4.78, 5) is 13.3. The van der Waals surface area contributed by atoms with Gasteiger partial charge in [-0.3, -0.25) is 9.69 Å². The summed E-state index contributed by atoms with van der Waals surface area (Å²) in [6, 6.07) is 13.6. The number of hydrogen-bond acceptors (Lipinski definition) is 4. The third-order valence-corrected chi connectivity index (χ3v) is 4.04. The van der Waals surface area contributed by atoms with E-state index in [0.29, 0.717) is 0 Å². The van der Waals surface area contributed by atoms with E-state index in [0.717, 1.165) is 27.5 Å². The Hall–Kier alpha value is -2.66. The molecule has 0 N–H and O–H groups in total. The fourth-order valence-electron chi connectivity index (χ4n) is 2.53. The number of para-hydroxylation sites is 1. The standard InChI is InChI=1S/C17H11NO3S/c1-18-16(19)15(21-17(18)22)9-10-6-7-14-12(8-10)11-4-2-3-5-13(11)20-14/h2-9H,1H3. The average molecular weight is 309 g/mol. The van der Waals surface area contributed by atoms with Crippen molar-refractivity contribution < 1.29 is 13.9 Å². The van der Waals surface area contributed by atoms with Crippen LogP contribution in [0.3, 0.4) is 0 Å². The monoisotopic (exact) mass is 309 g/mol. The molecule has 0 radical (unpaired) electrons. The molecule has 0 spiro atoms. The first-order valence-electron chi connectivity index (χ1n) is 6.76. The Morgan fingerprint density at radius 1 is 1.09 bits per heavy atom. The fourth-order valence-corrected chi connectivity index (χ4v) is 2.70. The van der Waals surface area contributed by atoms with E-state index in [2.05, 4.69) is 0 Å². The second kappa shape index (κ2) is 4.68. The zero-order valence-electron chi connectivity index (χ0n) is 11.7. The minimum absolute atomic E-state index is 0.172. The van der Waals surface area contributed by atoms with Gasteiger partial charge in [-0.1, -0.05) is 24.3 Å². The molecule has 1 fully saturated rings. The third kappa shape index (κ3) is 1.90. The molecule has 5 heteroatoms. The minimum atomic E-state index is -0.234. The Balaban J connectivity index is 1.85. The molecule has 1 aromatic heterocycles. The van der Waals surface area contributed by atoms with Gasteiger partial charge in [0.05, 0.1) is 0 Å². The summed E-state index contributed by atoms with van der Waals surface area (Å²) >= 11 is 4.97. The van der Waals surface area contributed by atoms with Gasteiger partial charge in [0.2, 0.25) is 0 Å². The highest BCUT2D eigenvalue weighted by Crippen LogP contribution is 2.30. The molecule has 1 aliphatic rings. The van der Waals surface area contributed by atoms with Crippen molar-refractivity contribution in [1.29, 1.82) is 0 Å². The van der Waals surface area contributed by atoms with Gasteiger partial charge < -0.3 is 9.15 Å². The maximum absolute atomic E-state index is 12.0. The molecule has 22 heavy (non-hydrogen) atoms. The van der Waals surface area contributed by atoms with E-state index in [9.17, 15) is 4.79 Å². The van der Waals surface area contributed by atoms with Gasteiger partial charge in [0.15, 0.2) is 5.76 Å². The number of furan rings is 1. The molecule has 0 unspecified atom stereocenters. The number of ether oxygens (including phenoxy) is 1. The molecule has 4 nitrogen and oxygen atoms in total. The third-order valence-electron chi connectivity index (χ3n) is 3.69. The molecule has 4 rings (SSSR count). The van der Waals surface area contributed by atoms with Crippen LogP contribution >= 0.6 is 12.2 Å². The van der Waals surface area contributed by atoms with Gasteiger partial charge in [-0.2, -0.15) is 0 Å². The maximum Gasteiger partial charge on any atom is 0.296 e. The maximum atomic E-state index is 12.0. The summed E-state index contributed by atoms with van der Waals surface area (Å²) in [5.74, 6) is 0.00167. The molecule has 0 aliphatic carbocycles. The van der Waals surface area contributed by atoms with E-state index in [-0.39, 0.29) is 16.8 Å². The molecular weight excluding hydrogens is 298 g/mol. The summed E-state index contributed by atoms with van der Waals surface area (Å²) in [5, 5.41) is 2.22. The van der Waals surface area contributed by atoms with Crippen molar-refractivity contribution in [1.82, 2.24) is 4.90 Å². The highest BCUT2D eigenvalue weighted by molar-refractivity contribution is 7.80. The number of likely N-dealkylation sites (N-methyl/N-ethyl adjacent to an activating group) is 1. The largest absolute Gasteiger partial charge is 0.456 e. The summed E-state index contributed by atoms with van der Waals surface area (Å²) in [6.45, 7) is 0. The summed E-state index contributed by atoms with van der Waals surface area (Å²) < 4.78 is 11.1. The van der Waals surface area contributed by atoms with Crippen LogP contribution in [0.2, 0.25) is 0 Å². The first-order chi connectivity index (χ1) is 10.6. The average Bonchev–Trinajstić information content (AvgIpc) is 3.01. The van der Waals surface area contributed by atoms with Crippen LogP contribution in [0.5, 0.6) is 0 Å². The molecule has 2 aromatic carbocycles. The van der Waals surface area contributed by atoms with E-state index in [1.165, 1.54) is 4.90 Å². The van der Waals surface area contributed by atoms with Crippen LogP contribution in [0.15, 0.2) is 52.6 Å². The zero-order valence-corrected chi connectivity index (χ0v) is 12.5. The van der Waals surface area contributed by atoms with E-state index in [1.54, 1.807) is 13.1 Å². The number of carbonyl (C=O) groups excluding carboxylic acids is 1. The molecule has 0 saturated carbocycles. The molecule has 2 heterocycles. The predicted molar refractivity (Wildman–Crippen MR) is 88.2 cm³/mol. The molecule has 108 valence electrons. The predicted octanol–water partition coefficient (Wildman–Crippen LogP) is 3.70. The quantitative estimate of drug-likeness (QED) is 0.508.